The van der Waals surface area contributed by atoms with Gasteiger partial charge >= 0.3 is 0 Å². The molecule has 0 saturated carbocycles. The van der Waals surface area contributed by atoms with Crippen molar-refractivity contribution in [2.45, 2.75) is 20.0 Å². The van der Waals surface area contributed by atoms with Crippen LogP contribution in [0.2, 0.25) is 0 Å². The third kappa shape index (κ3) is 5.45. The molecule has 37 heavy (non-hydrogen) atoms. The van der Waals surface area contributed by atoms with Crippen molar-refractivity contribution in [3.63, 3.8) is 0 Å². The minimum absolute atomic E-state index is 0.106. The molecule has 0 aliphatic rings. The highest BCUT2D eigenvalue weighted by atomic mass is 16.5. The second-order valence-electron chi connectivity index (χ2n) is 8.46. The molecule has 2 heterocycles. The average molecular weight is 498 g/mol. The highest BCUT2D eigenvalue weighted by Gasteiger charge is 2.12. The first-order valence-electron chi connectivity index (χ1n) is 12.1. The van der Waals surface area contributed by atoms with Crippen molar-refractivity contribution in [3.8, 4) is 11.5 Å². The summed E-state index contributed by atoms with van der Waals surface area (Å²) in [6, 6.07) is 21.3. The molecule has 0 fully saturated rings. The van der Waals surface area contributed by atoms with Crippen LogP contribution in [0.1, 0.15) is 12.5 Å². The lowest BCUT2D eigenvalue weighted by Crippen LogP contribution is -2.31. The molecule has 1 N–H and O–H groups in total. The summed E-state index contributed by atoms with van der Waals surface area (Å²) in [5.74, 6) is 1.08. The third-order valence-corrected chi connectivity index (χ3v) is 5.99. The summed E-state index contributed by atoms with van der Waals surface area (Å²) in [6.07, 6.45) is 3.08. The molecule has 0 unspecified atom stereocenters. The van der Waals surface area contributed by atoms with Gasteiger partial charge in [-0.1, -0.05) is 42.5 Å². The zero-order valence-electron chi connectivity index (χ0n) is 20.5. The molecular weight excluding hydrogens is 470 g/mol. The Hall–Kier alpha value is -4.66. The second kappa shape index (κ2) is 10.9. The van der Waals surface area contributed by atoms with E-state index in [4.69, 9.17) is 9.47 Å². The summed E-state index contributed by atoms with van der Waals surface area (Å²) < 4.78 is 14.1. The molecule has 188 valence electrons. The lowest BCUT2D eigenvalue weighted by molar-refractivity contribution is -0.123. The van der Waals surface area contributed by atoms with Crippen LogP contribution in [0.4, 0.5) is 0 Å². The van der Waals surface area contributed by atoms with Gasteiger partial charge in [0.1, 0.15) is 23.2 Å². The predicted octanol–water partition coefficient (Wildman–Crippen LogP) is 3.39. The van der Waals surface area contributed by atoms with Gasteiger partial charge in [-0.3, -0.25) is 14.2 Å². The number of ether oxygens (including phenoxy) is 2. The van der Waals surface area contributed by atoms with Gasteiger partial charge < -0.3 is 14.8 Å². The van der Waals surface area contributed by atoms with Gasteiger partial charge in [-0.05, 0) is 47.5 Å². The standard InChI is InChI=1S/C28H27N5O4/c1-2-36-22-10-12-23(13-11-22)37-18-26(34)29-14-15-33-27-25(16-31-33)28(35)32(19-30-27)17-21-8-5-7-20-6-3-4-9-24(20)21/h3-13,16,19H,2,14-15,17-18H2,1H3,(H,29,34). The van der Waals surface area contributed by atoms with Crippen LogP contribution in [-0.4, -0.2) is 45.0 Å². The summed E-state index contributed by atoms with van der Waals surface area (Å²) in [5.41, 5.74) is 1.37. The van der Waals surface area contributed by atoms with Crippen LogP contribution in [-0.2, 0) is 17.9 Å². The number of fused-ring (bicyclic) bond motifs is 2. The van der Waals surface area contributed by atoms with E-state index in [9.17, 15) is 9.59 Å². The molecule has 0 atom stereocenters. The number of hydrogen-bond donors (Lipinski definition) is 1. The van der Waals surface area contributed by atoms with Crippen molar-refractivity contribution in [2.75, 3.05) is 19.8 Å². The van der Waals surface area contributed by atoms with Crippen LogP contribution < -0.4 is 20.3 Å². The molecule has 0 saturated heterocycles. The summed E-state index contributed by atoms with van der Waals surface area (Å²) in [4.78, 5) is 29.8. The molecule has 0 aliphatic heterocycles. The molecule has 5 rings (SSSR count). The first-order chi connectivity index (χ1) is 18.1. The van der Waals surface area contributed by atoms with Crippen LogP contribution in [0.5, 0.6) is 11.5 Å². The largest absolute Gasteiger partial charge is 0.494 e. The summed E-state index contributed by atoms with van der Waals surface area (Å²) in [5, 5.41) is 9.79. The molecule has 0 bridgehead atoms. The molecular formula is C28H27N5O4. The van der Waals surface area contributed by atoms with E-state index < -0.39 is 0 Å². The van der Waals surface area contributed by atoms with Crippen molar-refractivity contribution in [1.29, 1.82) is 0 Å². The molecule has 0 radical (unpaired) electrons. The smallest absolute Gasteiger partial charge is 0.264 e. The highest BCUT2D eigenvalue weighted by molar-refractivity contribution is 5.85. The number of carbonyl (C=O) groups excluding carboxylic acids is 1. The normalized spacial score (nSPS) is 11.1. The molecule has 5 aromatic rings. The van der Waals surface area contributed by atoms with E-state index in [0.29, 0.717) is 43.0 Å². The lowest BCUT2D eigenvalue weighted by atomic mass is 10.0. The van der Waals surface area contributed by atoms with E-state index in [1.165, 1.54) is 6.20 Å². The van der Waals surface area contributed by atoms with Gasteiger partial charge in [0.2, 0.25) is 0 Å². The molecule has 0 spiro atoms. The Morgan fingerprint density at radius 2 is 1.70 bits per heavy atom. The SMILES string of the molecule is CCOc1ccc(OCC(=O)NCCn2ncc3c(=O)n(Cc4cccc5ccccc45)cnc32)cc1. The van der Waals surface area contributed by atoms with Crippen LogP contribution >= 0.6 is 0 Å². The minimum Gasteiger partial charge on any atom is -0.494 e. The Bertz CT molecular complexity index is 1590. The fourth-order valence-corrected chi connectivity index (χ4v) is 4.19. The highest BCUT2D eigenvalue weighted by Crippen LogP contribution is 2.19. The second-order valence-corrected chi connectivity index (χ2v) is 8.46. The first-order valence-corrected chi connectivity index (χ1v) is 12.1. The topological polar surface area (TPSA) is 100 Å². The van der Waals surface area contributed by atoms with Crippen LogP contribution in [0, 0.1) is 0 Å². The molecule has 1 amide bonds. The van der Waals surface area contributed by atoms with Gasteiger partial charge in [0.15, 0.2) is 12.3 Å². The maximum Gasteiger partial charge on any atom is 0.264 e. The molecule has 9 nitrogen and oxygen atoms in total. The monoisotopic (exact) mass is 497 g/mol. The maximum absolute atomic E-state index is 13.1. The number of rotatable bonds is 10. The Morgan fingerprint density at radius 1 is 0.946 bits per heavy atom. The Morgan fingerprint density at radius 3 is 2.51 bits per heavy atom. The van der Waals surface area contributed by atoms with Crippen LogP contribution in [0.3, 0.4) is 0 Å². The molecule has 2 aromatic heterocycles. The van der Waals surface area contributed by atoms with Crippen molar-refractivity contribution in [1.82, 2.24) is 24.6 Å². The number of nitrogens with zero attached hydrogens (tertiary/aromatic N) is 4. The van der Waals surface area contributed by atoms with Gasteiger partial charge in [0, 0.05) is 6.54 Å². The van der Waals surface area contributed by atoms with Gasteiger partial charge in [-0.15, -0.1) is 0 Å². The Balaban J connectivity index is 1.19. The molecule has 0 aliphatic carbocycles. The van der Waals surface area contributed by atoms with Gasteiger partial charge in [-0.25, -0.2) is 9.67 Å². The van der Waals surface area contributed by atoms with E-state index in [-0.39, 0.29) is 18.1 Å². The summed E-state index contributed by atoms with van der Waals surface area (Å²) in [7, 11) is 0. The fraction of sp³-hybridized carbons (Fsp3) is 0.214. The quantitative estimate of drug-likeness (QED) is 0.318. The van der Waals surface area contributed by atoms with E-state index in [2.05, 4.69) is 33.6 Å². The fourth-order valence-electron chi connectivity index (χ4n) is 4.19. The van der Waals surface area contributed by atoms with Gasteiger partial charge in [0.25, 0.3) is 11.5 Å². The number of amides is 1. The summed E-state index contributed by atoms with van der Waals surface area (Å²) >= 11 is 0. The van der Waals surface area contributed by atoms with Crippen molar-refractivity contribution in [2.24, 2.45) is 0 Å². The van der Waals surface area contributed by atoms with E-state index in [1.807, 2.05) is 31.2 Å². The molecule has 9 heteroatoms. The average Bonchev–Trinajstić information content (AvgIpc) is 3.34. The number of hydrogen-bond acceptors (Lipinski definition) is 6. The Kier molecular flexibility index (Phi) is 7.12. The van der Waals surface area contributed by atoms with E-state index in [0.717, 1.165) is 22.1 Å². The lowest BCUT2D eigenvalue weighted by Gasteiger charge is -2.10. The number of carbonyl (C=O) groups is 1. The van der Waals surface area contributed by atoms with Gasteiger partial charge in [-0.2, -0.15) is 5.10 Å². The van der Waals surface area contributed by atoms with E-state index in [1.54, 1.807) is 39.8 Å². The first kappa shape index (κ1) is 24.1. The predicted molar refractivity (Wildman–Crippen MR) is 141 cm³/mol. The number of aromatic nitrogens is 4. The Labute approximate surface area is 213 Å². The van der Waals surface area contributed by atoms with Crippen LogP contribution in [0.25, 0.3) is 21.8 Å². The van der Waals surface area contributed by atoms with E-state index >= 15 is 0 Å². The number of nitrogens with one attached hydrogen (secondary N) is 1. The zero-order valence-corrected chi connectivity index (χ0v) is 20.5. The number of benzene rings is 3. The molecule has 3 aromatic carbocycles. The maximum atomic E-state index is 13.1. The summed E-state index contributed by atoms with van der Waals surface area (Å²) in [6.45, 7) is 3.51. The van der Waals surface area contributed by atoms with Crippen LogP contribution in [0.15, 0.2) is 84.0 Å². The van der Waals surface area contributed by atoms with Crippen molar-refractivity contribution >= 4 is 27.7 Å². The zero-order chi connectivity index (χ0) is 25.6. The third-order valence-electron chi connectivity index (χ3n) is 5.99. The minimum atomic E-state index is -0.254. The van der Waals surface area contributed by atoms with Crippen molar-refractivity contribution in [3.05, 3.63) is 95.2 Å². The van der Waals surface area contributed by atoms with Gasteiger partial charge in [0.05, 0.1) is 25.9 Å². The van der Waals surface area contributed by atoms with Crippen molar-refractivity contribution < 1.29 is 14.3 Å².